The highest BCUT2D eigenvalue weighted by Gasteiger charge is 2.28. The molecule has 0 radical (unpaired) electrons. The maximum atomic E-state index is 3.87. The van der Waals surface area contributed by atoms with E-state index in [0.29, 0.717) is 5.92 Å². The highest BCUT2D eigenvalue weighted by Crippen LogP contribution is 2.39. The van der Waals surface area contributed by atoms with E-state index in [-0.39, 0.29) is 5.41 Å². The third-order valence-electron chi connectivity index (χ3n) is 2.71. The lowest BCUT2D eigenvalue weighted by Crippen LogP contribution is -2.24. The number of hydrogen-bond donors (Lipinski definition) is 0. The van der Waals surface area contributed by atoms with Gasteiger partial charge in [0.15, 0.2) is 0 Å². The molecule has 0 aliphatic heterocycles. The number of allylic oxidation sites excluding steroid dienone is 4. The summed E-state index contributed by atoms with van der Waals surface area (Å²) in [7, 11) is 0. The van der Waals surface area contributed by atoms with Crippen molar-refractivity contribution < 1.29 is 0 Å². The van der Waals surface area contributed by atoms with Crippen LogP contribution < -0.4 is 0 Å². The number of hydrogen-bond acceptors (Lipinski definition) is 0. The molecule has 0 nitrogen and oxygen atoms in total. The zero-order chi connectivity index (χ0) is 8.32. The lowest BCUT2D eigenvalue weighted by atomic mass is 9.70. The summed E-state index contributed by atoms with van der Waals surface area (Å²) in [5.74, 6) is 0.574. The second kappa shape index (κ2) is 3.08. The van der Waals surface area contributed by atoms with Gasteiger partial charge < -0.3 is 0 Å². The zero-order valence-corrected chi connectivity index (χ0v) is 7.22. The van der Waals surface area contributed by atoms with E-state index in [4.69, 9.17) is 0 Å². The summed E-state index contributed by atoms with van der Waals surface area (Å²) in [5, 5.41) is 0. The van der Waals surface area contributed by atoms with Crippen LogP contribution in [0.5, 0.6) is 0 Å². The van der Waals surface area contributed by atoms with Gasteiger partial charge in [0.2, 0.25) is 0 Å². The minimum atomic E-state index is 0.247. The monoisotopic (exact) mass is 148 g/mol. The van der Waals surface area contributed by atoms with Crippen LogP contribution in [0.1, 0.15) is 19.8 Å². The van der Waals surface area contributed by atoms with Crippen molar-refractivity contribution in [3.05, 3.63) is 37.5 Å². The van der Waals surface area contributed by atoms with Crippen molar-refractivity contribution in [2.45, 2.75) is 19.8 Å². The van der Waals surface area contributed by atoms with Crippen molar-refractivity contribution in [2.75, 3.05) is 0 Å². The fourth-order valence-corrected chi connectivity index (χ4v) is 1.60. The average molecular weight is 148 g/mol. The largest absolute Gasteiger partial charge is 0.103 e. The van der Waals surface area contributed by atoms with Crippen molar-refractivity contribution in [1.29, 1.82) is 0 Å². The lowest BCUT2D eigenvalue weighted by molar-refractivity contribution is 0.301. The third-order valence-corrected chi connectivity index (χ3v) is 2.71. The quantitative estimate of drug-likeness (QED) is 0.527. The van der Waals surface area contributed by atoms with Crippen LogP contribution in [0, 0.1) is 11.3 Å². The Kier molecular flexibility index (Phi) is 2.33. The summed E-state index contributed by atoms with van der Waals surface area (Å²) in [6.07, 6.45) is 10.8. The molecule has 2 atom stereocenters. The molecular formula is C11H16. The second-order valence-electron chi connectivity index (χ2n) is 3.46. The van der Waals surface area contributed by atoms with Crippen LogP contribution >= 0.6 is 0 Å². The summed E-state index contributed by atoms with van der Waals surface area (Å²) in [5.41, 5.74) is 0.247. The van der Waals surface area contributed by atoms with Crippen LogP contribution in [0.15, 0.2) is 37.5 Å². The number of rotatable bonds is 2. The van der Waals surface area contributed by atoms with Crippen LogP contribution in [-0.4, -0.2) is 0 Å². The summed E-state index contributed by atoms with van der Waals surface area (Å²) < 4.78 is 0. The van der Waals surface area contributed by atoms with E-state index in [1.807, 2.05) is 6.08 Å². The zero-order valence-electron chi connectivity index (χ0n) is 7.22. The van der Waals surface area contributed by atoms with E-state index in [1.165, 1.54) is 0 Å². The van der Waals surface area contributed by atoms with E-state index in [9.17, 15) is 0 Å². The molecule has 2 unspecified atom stereocenters. The standard InChI is InChI=1S/C11H16/c1-4-10-8-6-7-9-11(10,3)5-2/h4-7,10H,1-2,8-9H2,3H3. The maximum absolute atomic E-state index is 3.87. The Morgan fingerprint density at radius 2 is 2.18 bits per heavy atom. The minimum Gasteiger partial charge on any atom is -0.103 e. The molecule has 0 fully saturated rings. The van der Waals surface area contributed by atoms with E-state index in [1.54, 1.807) is 0 Å². The van der Waals surface area contributed by atoms with E-state index in [0.717, 1.165) is 12.8 Å². The molecule has 0 amide bonds. The Morgan fingerprint density at radius 3 is 2.64 bits per heavy atom. The van der Waals surface area contributed by atoms with Gasteiger partial charge in [-0.2, -0.15) is 0 Å². The third kappa shape index (κ3) is 1.45. The van der Waals surface area contributed by atoms with Crippen molar-refractivity contribution in [1.82, 2.24) is 0 Å². The Bertz CT molecular complexity index is 188. The molecule has 1 aliphatic carbocycles. The highest BCUT2D eigenvalue weighted by molar-refractivity contribution is 5.11. The molecule has 0 aromatic rings. The molecule has 0 aromatic heterocycles. The first-order chi connectivity index (χ1) is 5.23. The second-order valence-corrected chi connectivity index (χ2v) is 3.46. The topological polar surface area (TPSA) is 0 Å². The Hall–Kier alpha value is -0.780. The van der Waals surface area contributed by atoms with Crippen LogP contribution in [0.2, 0.25) is 0 Å². The summed E-state index contributed by atoms with van der Waals surface area (Å²) in [6.45, 7) is 9.96. The molecule has 0 bridgehead atoms. The molecule has 0 spiro atoms. The lowest BCUT2D eigenvalue weighted by Gasteiger charge is -2.34. The normalized spacial score (nSPS) is 36.6. The van der Waals surface area contributed by atoms with Gasteiger partial charge in [0.05, 0.1) is 0 Å². The average Bonchev–Trinajstić information content (AvgIpc) is 2.05. The smallest absolute Gasteiger partial charge is 0.00492 e. The van der Waals surface area contributed by atoms with Gasteiger partial charge in [-0.15, -0.1) is 13.2 Å². The molecule has 1 rings (SSSR count). The first kappa shape index (κ1) is 8.32. The molecule has 0 N–H and O–H groups in total. The first-order valence-corrected chi connectivity index (χ1v) is 4.14. The predicted octanol–water partition coefficient (Wildman–Crippen LogP) is 3.33. The fourth-order valence-electron chi connectivity index (χ4n) is 1.60. The van der Waals surface area contributed by atoms with Crippen molar-refractivity contribution in [3.8, 4) is 0 Å². The van der Waals surface area contributed by atoms with Crippen LogP contribution in [0.3, 0.4) is 0 Å². The molecule has 0 aromatic carbocycles. The molecule has 0 saturated carbocycles. The van der Waals surface area contributed by atoms with Crippen molar-refractivity contribution in [2.24, 2.45) is 11.3 Å². The van der Waals surface area contributed by atoms with Crippen LogP contribution in [-0.2, 0) is 0 Å². The Morgan fingerprint density at radius 1 is 1.45 bits per heavy atom. The highest BCUT2D eigenvalue weighted by atomic mass is 14.3. The first-order valence-electron chi connectivity index (χ1n) is 4.14. The minimum absolute atomic E-state index is 0.247. The van der Waals surface area contributed by atoms with E-state index < -0.39 is 0 Å². The van der Waals surface area contributed by atoms with Gasteiger partial charge in [-0.3, -0.25) is 0 Å². The van der Waals surface area contributed by atoms with Crippen molar-refractivity contribution in [3.63, 3.8) is 0 Å². The van der Waals surface area contributed by atoms with Gasteiger partial charge in [-0.25, -0.2) is 0 Å². The molecule has 60 valence electrons. The summed E-state index contributed by atoms with van der Waals surface area (Å²) >= 11 is 0. The van der Waals surface area contributed by atoms with Crippen molar-refractivity contribution >= 4 is 0 Å². The van der Waals surface area contributed by atoms with Gasteiger partial charge in [-0.05, 0) is 24.2 Å². The molecule has 0 heteroatoms. The Labute approximate surface area is 69.3 Å². The van der Waals surface area contributed by atoms with Gasteiger partial charge in [0.25, 0.3) is 0 Å². The van der Waals surface area contributed by atoms with E-state index in [2.05, 4.69) is 38.3 Å². The molecule has 0 heterocycles. The van der Waals surface area contributed by atoms with E-state index >= 15 is 0 Å². The summed E-state index contributed by atoms with van der Waals surface area (Å²) in [6, 6.07) is 0. The maximum Gasteiger partial charge on any atom is -0.00492 e. The van der Waals surface area contributed by atoms with Gasteiger partial charge >= 0.3 is 0 Å². The van der Waals surface area contributed by atoms with Gasteiger partial charge in [0, 0.05) is 0 Å². The van der Waals surface area contributed by atoms with Gasteiger partial charge in [-0.1, -0.05) is 31.2 Å². The SMILES string of the molecule is C=CC1CC=CCC1(C)C=C. The predicted molar refractivity (Wildman–Crippen MR) is 50.4 cm³/mol. The summed E-state index contributed by atoms with van der Waals surface area (Å²) in [4.78, 5) is 0. The molecule has 11 heavy (non-hydrogen) atoms. The molecule has 0 saturated heterocycles. The fraction of sp³-hybridized carbons (Fsp3) is 0.455. The van der Waals surface area contributed by atoms with Crippen LogP contribution in [0.25, 0.3) is 0 Å². The Balaban J connectivity index is 2.83. The molecule has 1 aliphatic rings. The van der Waals surface area contributed by atoms with Gasteiger partial charge in [0.1, 0.15) is 0 Å². The van der Waals surface area contributed by atoms with Crippen LogP contribution in [0.4, 0.5) is 0 Å². The molecular weight excluding hydrogens is 132 g/mol.